The fraction of sp³-hybridized carbons (Fsp3) is 0.600. The van der Waals surface area contributed by atoms with E-state index in [1.54, 1.807) is 0 Å². The average molecular weight is 194 g/mol. The third-order valence-electron chi connectivity index (χ3n) is 2.65. The summed E-state index contributed by atoms with van der Waals surface area (Å²) in [7, 11) is 0. The van der Waals surface area contributed by atoms with Crippen molar-refractivity contribution in [1.82, 2.24) is 10.2 Å². The van der Waals surface area contributed by atoms with Gasteiger partial charge in [-0.3, -0.25) is 10.1 Å². The van der Waals surface area contributed by atoms with Crippen molar-refractivity contribution in [2.45, 2.75) is 32.2 Å². The fourth-order valence-corrected chi connectivity index (χ4v) is 1.41. The van der Waals surface area contributed by atoms with Crippen molar-refractivity contribution in [3.63, 3.8) is 0 Å². The van der Waals surface area contributed by atoms with Crippen LogP contribution in [-0.2, 0) is 4.79 Å². The van der Waals surface area contributed by atoms with Gasteiger partial charge in [0.25, 0.3) is 0 Å². The fourth-order valence-electron chi connectivity index (χ4n) is 1.41. The standard InChI is InChI=1S/C10H14N2O2/c1-4-10(3,5-2)12-7-6-8(13)11-9(12)14/h1H,5-7H2,2-3H3,(H,11,13,14). The van der Waals surface area contributed by atoms with Gasteiger partial charge in [-0.05, 0) is 13.3 Å². The highest BCUT2D eigenvalue weighted by atomic mass is 16.2. The molecule has 1 heterocycles. The van der Waals surface area contributed by atoms with Gasteiger partial charge in [-0.25, -0.2) is 4.79 Å². The number of carbonyl (C=O) groups is 2. The van der Waals surface area contributed by atoms with E-state index in [9.17, 15) is 9.59 Å². The minimum Gasteiger partial charge on any atom is -0.308 e. The first-order valence-electron chi connectivity index (χ1n) is 4.62. The largest absolute Gasteiger partial charge is 0.325 e. The molecule has 1 saturated heterocycles. The van der Waals surface area contributed by atoms with Gasteiger partial charge in [0, 0.05) is 13.0 Å². The Balaban J connectivity index is 2.84. The minimum absolute atomic E-state index is 0.235. The zero-order valence-electron chi connectivity index (χ0n) is 8.46. The number of amides is 3. The molecule has 1 atom stereocenters. The number of nitrogens with one attached hydrogen (secondary N) is 1. The number of hydrogen-bond donors (Lipinski definition) is 1. The molecule has 0 aromatic rings. The summed E-state index contributed by atoms with van der Waals surface area (Å²) < 4.78 is 0. The van der Waals surface area contributed by atoms with Crippen LogP contribution in [0.2, 0.25) is 0 Å². The maximum Gasteiger partial charge on any atom is 0.325 e. The highest BCUT2D eigenvalue weighted by Crippen LogP contribution is 2.20. The second kappa shape index (κ2) is 3.70. The second-order valence-corrected chi connectivity index (χ2v) is 3.53. The molecule has 1 aliphatic heterocycles. The molecular formula is C10H14N2O2. The Morgan fingerprint density at radius 1 is 1.64 bits per heavy atom. The smallest absolute Gasteiger partial charge is 0.308 e. The molecule has 1 fully saturated rings. The van der Waals surface area contributed by atoms with Crippen LogP contribution in [0.15, 0.2) is 0 Å². The molecule has 1 unspecified atom stereocenters. The Labute approximate surface area is 83.6 Å². The van der Waals surface area contributed by atoms with Crippen LogP contribution in [0, 0.1) is 12.3 Å². The molecule has 4 nitrogen and oxygen atoms in total. The van der Waals surface area contributed by atoms with Gasteiger partial charge in [0.1, 0.15) is 5.54 Å². The number of carbonyl (C=O) groups excluding carboxylic acids is 2. The summed E-state index contributed by atoms with van der Waals surface area (Å²) >= 11 is 0. The molecule has 0 bridgehead atoms. The average Bonchev–Trinajstić information content (AvgIpc) is 2.17. The Bertz CT molecular complexity index is 306. The quantitative estimate of drug-likeness (QED) is 0.659. The van der Waals surface area contributed by atoms with Crippen LogP contribution in [0.5, 0.6) is 0 Å². The Morgan fingerprint density at radius 2 is 2.29 bits per heavy atom. The van der Waals surface area contributed by atoms with Gasteiger partial charge >= 0.3 is 6.03 Å². The van der Waals surface area contributed by atoms with Crippen molar-refractivity contribution in [3.8, 4) is 12.3 Å². The van der Waals surface area contributed by atoms with Crippen molar-refractivity contribution in [2.75, 3.05) is 6.54 Å². The van der Waals surface area contributed by atoms with Crippen LogP contribution < -0.4 is 5.32 Å². The van der Waals surface area contributed by atoms with Crippen LogP contribution in [0.4, 0.5) is 4.79 Å². The number of terminal acetylenes is 1. The number of imide groups is 1. The summed E-state index contributed by atoms with van der Waals surface area (Å²) in [6.07, 6.45) is 6.38. The van der Waals surface area contributed by atoms with E-state index in [4.69, 9.17) is 6.42 Å². The molecule has 1 N–H and O–H groups in total. The third kappa shape index (κ3) is 1.72. The molecule has 0 spiro atoms. The van der Waals surface area contributed by atoms with E-state index >= 15 is 0 Å². The number of hydrogen-bond acceptors (Lipinski definition) is 2. The Morgan fingerprint density at radius 3 is 2.71 bits per heavy atom. The van der Waals surface area contributed by atoms with Gasteiger partial charge in [-0.1, -0.05) is 12.8 Å². The molecule has 0 aromatic heterocycles. The van der Waals surface area contributed by atoms with Crippen LogP contribution in [0.25, 0.3) is 0 Å². The van der Waals surface area contributed by atoms with Crippen molar-refractivity contribution in [1.29, 1.82) is 0 Å². The van der Waals surface area contributed by atoms with Crippen molar-refractivity contribution in [3.05, 3.63) is 0 Å². The molecule has 1 rings (SSSR count). The first kappa shape index (κ1) is 10.6. The highest BCUT2D eigenvalue weighted by molar-refractivity contribution is 5.97. The molecule has 0 radical (unpaired) electrons. The monoisotopic (exact) mass is 194 g/mol. The lowest BCUT2D eigenvalue weighted by Crippen LogP contribution is -2.58. The number of nitrogens with zero attached hydrogens (tertiary/aromatic N) is 1. The third-order valence-corrected chi connectivity index (χ3v) is 2.65. The molecule has 76 valence electrons. The van der Waals surface area contributed by atoms with Crippen LogP contribution >= 0.6 is 0 Å². The number of urea groups is 1. The maximum absolute atomic E-state index is 11.5. The van der Waals surface area contributed by atoms with E-state index in [1.165, 1.54) is 4.90 Å². The Hall–Kier alpha value is -1.50. The summed E-state index contributed by atoms with van der Waals surface area (Å²) in [5.41, 5.74) is -0.592. The van der Waals surface area contributed by atoms with Crippen molar-refractivity contribution in [2.24, 2.45) is 0 Å². The first-order chi connectivity index (χ1) is 6.53. The SMILES string of the molecule is C#CC(C)(CC)N1CCC(=O)NC1=O. The zero-order chi connectivity index (χ0) is 10.8. The summed E-state index contributed by atoms with van der Waals surface area (Å²) in [5.74, 6) is 2.36. The van der Waals surface area contributed by atoms with Gasteiger partial charge in [0.15, 0.2) is 0 Å². The molecule has 0 saturated carbocycles. The van der Waals surface area contributed by atoms with E-state index in [0.29, 0.717) is 19.4 Å². The topological polar surface area (TPSA) is 49.4 Å². The normalized spacial score (nSPS) is 21.1. The molecule has 0 aliphatic carbocycles. The van der Waals surface area contributed by atoms with E-state index in [2.05, 4.69) is 11.2 Å². The van der Waals surface area contributed by atoms with Gasteiger partial charge < -0.3 is 4.90 Å². The summed E-state index contributed by atoms with van der Waals surface area (Å²) in [4.78, 5) is 23.9. The van der Waals surface area contributed by atoms with Crippen molar-refractivity contribution >= 4 is 11.9 Å². The molecular weight excluding hydrogens is 180 g/mol. The van der Waals surface area contributed by atoms with Crippen LogP contribution in [-0.4, -0.2) is 28.9 Å². The predicted octanol–water partition coefficient (Wildman–Crippen LogP) is 0.730. The van der Waals surface area contributed by atoms with Crippen LogP contribution in [0.3, 0.4) is 0 Å². The summed E-state index contributed by atoms with van der Waals surface area (Å²) in [6.45, 7) is 4.14. The van der Waals surface area contributed by atoms with E-state index in [-0.39, 0.29) is 11.9 Å². The van der Waals surface area contributed by atoms with Crippen LogP contribution in [0.1, 0.15) is 26.7 Å². The van der Waals surface area contributed by atoms with Crippen molar-refractivity contribution < 1.29 is 9.59 Å². The molecule has 3 amide bonds. The molecule has 4 heteroatoms. The molecule has 1 aliphatic rings. The summed E-state index contributed by atoms with van der Waals surface area (Å²) in [6, 6.07) is -0.386. The summed E-state index contributed by atoms with van der Waals surface area (Å²) in [5, 5.41) is 2.26. The number of rotatable bonds is 2. The lowest BCUT2D eigenvalue weighted by atomic mass is 9.97. The zero-order valence-corrected chi connectivity index (χ0v) is 8.46. The second-order valence-electron chi connectivity index (χ2n) is 3.53. The predicted molar refractivity (Wildman–Crippen MR) is 52.4 cm³/mol. The molecule has 0 aromatic carbocycles. The van der Waals surface area contributed by atoms with E-state index in [1.807, 2.05) is 13.8 Å². The minimum atomic E-state index is -0.592. The van der Waals surface area contributed by atoms with Gasteiger partial charge in [-0.15, -0.1) is 6.42 Å². The van der Waals surface area contributed by atoms with Gasteiger partial charge in [0.05, 0.1) is 0 Å². The van der Waals surface area contributed by atoms with E-state index in [0.717, 1.165) is 0 Å². The van der Waals surface area contributed by atoms with E-state index < -0.39 is 5.54 Å². The molecule has 14 heavy (non-hydrogen) atoms. The van der Waals surface area contributed by atoms with Gasteiger partial charge in [-0.2, -0.15) is 0 Å². The lowest BCUT2D eigenvalue weighted by molar-refractivity contribution is -0.121. The lowest BCUT2D eigenvalue weighted by Gasteiger charge is -2.38. The van der Waals surface area contributed by atoms with Gasteiger partial charge in [0.2, 0.25) is 5.91 Å². The highest BCUT2D eigenvalue weighted by Gasteiger charge is 2.35. The Kier molecular flexibility index (Phi) is 2.80. The first-order valence-corrected chi connectivity index (χ1v) is 4.62. The maximum atomic E-state index is 11.5.